The molecule has 7 nitrogen and oxygen atoms in total. The van der Waals surface area contributed by atoms with Crippen LogP contribution in [0.2, 0.25) is 0 Å². The van der Waals surface area contributed by atoms with Crippen LogP contribution in [-0.2, 0) is 3.08 Å². The molecule has 0 amide bonds. The molecule has 2 radical (unpaired) electrons. The Morgan fingerprint density at radius 3 is 1.16 bits per heavy atom. The van der Waals surface area contributed by atoms with Crippen LogP contribution in [0.25, 0.3) is 0 Å². The Kier molecular flexibility index (Phi) is 19.4. The molecule has 0 spiro atoms. The van der Waals surface area contributed by atoms with Crippen molar-refractivity contribution in [1.29, 1.82) is 0 Å². The van der Waals surface area contributed by atoms with Gasteiger partial charge in [-0.05, 0) is 24.3 Å². The second-order valence-electron chi connectivity index (χ2n) is 2.63. The molecule has 0 bridgehead atoms. The standard InChI is InChI=1S/C8H6O4.C2H6O2.In.O.Sn.3H/c9-7(10)5-1-2-6(4-3-5)8(11)12;3-1-2-4;;;;;;/h1-4H,(H,9,10)(H,11,12);3-4H,1-2H2;;;;;;. The molecule has 19 heavy (non-hydrogen) atoms. The van der Waals surface area contributed by atoms with E-state index in [1.807, 2.05) is 0 Å². The number of carbonyl (C=O) groups is 2. The number of rotatable bonds is 3. The van der Waals surface area contributed by atoms with Crippen molar-refractivity contribution in [2.45, 2.75) is 0 Å². The Morgan fingerprint density at radius 2 is 1.05 bits per heavy atom. The SMILES string of the molecule is O=C(O)c1ccc(C(=O)O)cc1.OCCO.[InH3].[O]=[Sn]. The predicted octanol–water partition coefficient (Wildman–Crippen LogP) is -1.63. The van der Waals surface area contributed by atoms with E-state index in [0.29, 0.717) is 22.5 Å². The molecule has 0 saturated carbocycles. The molecule has 1 aromatic rings. The summed E-state index contributed by atoms with van der Waals surface area (Å²) in [6.45, 7) is -0.250. The molecular weight excluding hydrogens is 466 g/mol. The first-order chi connectivity index (χ1) is 8.52. The fraction of sp³-hybridized carbons (Fsp3) is 0.200. The molecule has 0 fully saturated rings. The van der Waals surface area contributed by atoms with E-state index in [4.69, 9.17) is 23.5 Å². The van der Waals surface area contributed by atoms with Gasteiger partial charge in [-0.2, -0.15) is 0 Å². The van der Waals surface area contributed by atoms with E-state index >= 15 is 0 Å². The minimum atomic E-state index is -1.06. The topological polar surface area (TPSA) is 132 Å². The summed E-state index contributed by atoms with van der Waals surface area (Å²) in [6, 6.07) is 5.02. The first-order valence-electron chi connectivity index (χ1n) is 4.51. The van der Waals surface area contributed by atoms with Gasteiger partial charge >= 0.3 is 63.4 Å². The van der Waals surface area contributed by atoms with Crippen LogP contribution in [0.5, 0.6) is 0 Å². The van der Waals surface area contributed by atoms with E-state index in [1.165, 1.54) is 24.3 Å². The molecule has 0 aliphatic heterocycles. The zero-order valence-corrected chi connectivity index (χ0v) is 12.1. The summed E-state index contributed by atoms with van der Waals surface area (Å²) in [5, 5.41) is 32.2. The van der Waals surface area contributed by atoms with Crippen molar-refractivity contribution in [3.63, 3.8) is 0 Å². The van der Waals surface area contributed by atoms with Gasteiger partial charge < -0.3 is 20.4 Å². The fourth-order valence-corrected chi connectivity index (χ4v) is 0.755. The molecule has 0 unspecified atom stereocenters. The van der Waals surface area contributed by atoms with Crippen molar-refractivity contribution in [3.05, 3.63) is 35.4 Å². The molecule has 4 N–H and O–H groups in total. The number of aliphatic hydroxyl groups excluding tert-OH is 2. The first kappa shape index (κ1) is 23.6. The van der Waals surface area contributed by atoms with E-state index in [0.717, 1.165) is 0 Å². The van der Waals surface area contributed by atoms with Crippen LogP contribution in [0.3, 0.4) is 0 Å². The Hall–Kier alpha value is -0.451. The molecule has 9 heteroatoms. The molecule has 0 heterocycles. The number of hydrogen-bond donors (Lipinski definition) is 4. The van der Waals surface area contributed by atoms with Gasteiger partial charge in [-0.3, -0.25) is 0 Å². The zero-order chi connectivity index (χ0) is 14.6. The summed E-state index contributed by atoms with van der Waals surface area (Å²) in [6.07, 6.45) is 0. The van der Waals surface area contributed by atoms with Crippen LogP contribution in [0.15, 0.2) is 24.3 Å². The monoisotopic (exact) mass is 482 g/mol. The van der Waals surface area contributed by atoms with Gasteiger partial charge in [-0.15, -0.1) is 0 Å². The Morgan fingerprint density at radius 1 is 0.842 bits per heavy atom. The van der Waals surface area contributed by atoms with Crippen LogP contribution in [0.4, 0.5) is 0 Å². The average Bonchev–Trinajstić information content (AvgIpc) is 2.41. The van der Waals surface area contributed by atoms with Gasteiger partial charge in [-0.25, -0.2) is 9.59 Å². The summed E-state index contributed by atoms with van der Waals surface area (Å²) in [5.41, 5.74) is 0.167. The molecule has 1 rings (SSSR count). The zero-order valence-electron chi connectivity index (χ0n) is 9.24. The van der Waals surface area contributed by atoms with Gasteiger partial charge in [0.05, 0.1) is 24.3 Å². The normalized spacial score (nSPS) is 7.68. The van der Waals surface area contributed by atoms with Crippen LogP contribution in [0.1, 0.15) is 20.7 Å². The first-order valence-corrected chi connectivity index (χ1v) is 5.68. The summed E-state index contributed by atoms with van der Waals surface area (Å²) in [7, 11) is 0. The van der Waals surface area contributed by atoms with Crippen LogP contribution < -0.4 is 0 Å². The molecule has 0 atom stereocenters. The number of hydrogen-bond acceptors (Lipinski definition) is 5. The van der Waals surface area contributed by atoms with Gasteiger partial charge in [0.1, 0.15) is 0 Å². The Bertz CT molecular complexity index is 334. The van der Waals surface area contributed by atoms with E-state index in [2.05, 4.69) is 0 Å². The van der Waals surface area contributed by atoms with Gasteiger partial charge in [-0.1, -0.05) is 0 Å². The summed E-state index contributed by atoms with van der Waals surface area (Å²) in [4.78, 5) is 20.7. The van der Waals surface area contributed by atoms with Crippen molar-refractivity contribution in [2.75, 3.05) is 13.2 Å². The van der Waals surface area contributed by atoms with Crippen LogP contribution >= 0.6 is 0 Å². The third-order valence-corrected chi connectivity index (χ3v) is 1.48. The molecule has 0 aliphatic rings. The Labute approximate surface area is 141 Å². The molecule has 104 valence electrons. The second kappa shape index (κ2) is 15.6. The van der Waals surface area contributed by atoms with Crippen LogP contribution in [0, 0.1) is 0 Å². The minimum absolute atomic E-state index is 0. The van der Waals surface area contributed by atoms with Gasteiger partial charge in [0.2, 0.25) is 0 Å². The molecular formula is C10H15InO7Sn. The third kappa shape index (κ3) is 12.3. The molecule has 1 aromatic carbocycles. The number of carboxylic acids is 2. The average molecular weight is 481 g/mol. The van der Waals surface area contributed by atoms with Crippen molar-refractivity contribution in [2.24, 2.45) is 0 Å². The molecule has 0 aromatic heterocycles. The van der Waals surface area contributed by atoms with E-state index in [1.54, 1.807) is 0 Å². The van der Waals surface area contributed by atoms with E-state index in [9.17, 15) is 9.59 Å². The molecule has 0 aliphatic carbocycles. The van der Waals surface area contributed by atoms with E-state index in [-0.39, 0.29) is 50.2 Å². The van der Waals surface area contributed by atoms with Gasteiger partial charge in [0.15, 0.2) is 0 Å². The number of carboxylic acid groups (broad SMARTS) is 2. The number of aliphatic hydroxyl groups is 2. The van der Waals surface area contributed by atoms with Gasteiger partial charge in [0, 0.05) is 0 Å². The number of benzene rings is 1. The molecule has 0 saturated heterocycles. The third-order valence-electron chi connectivity index (χ3n) is 1.48. The van der Waals surface area contributed by atoms with Crippen molar-refractivity contribution in [1.82, 2.24) is 0 Å². The van der Waals surface area contributed by atoms with E-state index < -0.39 is 11.9 Å². The summed E-state index contributed by atoms with van der Waals surface area (Å²) in [5.74, 6) is -2.13. The maximum absolute atomic E-state index is 10.3. The number of aromatic carboxylic acids is 2. The fourth-order valence-electron chi connectivity index (χ4n) is 0.755. The summed E-state index contributed by atoms with van der Waals surface area (Å²) >= 11 is 0.300. The summed E-state index contributed by atoms with van der Waals surface area (Å²) < 4.78 is 8.34. The Balaban J connectivity index is -0.000000316. The van der Waals surface area contributed by atoms with Crippen molar-refractivity contribution < 1.29 is 33.1 Å². The van der Waals surface area contributed by atoms with Crippen molar-refractivity contribution in [3.8, 4) is 0 Å². The van der Waals surface area contributed by atoms with Crippen molar-refractivity contribution >= 4 is 60.3 Å². The quantitative estimate of drug-likeness (QED) is 0.382. The second-order valence-corrected chi connectivity index (χ2v) is 2.63. The predicted molar refractivity (Wildman–Crippen MR) is 70.9 cm³/mol. The van der Waals surface area contributed by atoms with Gasteiger partial charge in [0.25, 0.3) is 0 Å². The van der Waals surface area contributed by atoms with Crippen LogP contribution in [-0.4, -0.2) is 93.9 Å². The maximum atomic E-state index is 10.3.